The zero-order chi connectivity index (χ0) is 55.1. The molecule has 0 fully saturated rings. The van der Waals surface area contributed by atoms with Crippen LogP contribution in [0.5, 0.6) is 0 Å². The summed E-state index contributed by atoms with van der Waals surface area (Å²) in [5.41, 5.74) is -4.29. The van der Waals surface area contributed by atoms with E-state index in [9.17, 15) is 52.7 Å². The second kappa shape index (κ2) is 30.6. The van der Waals surface area contributed by atoms with Crippen LogP contribution in [-0.2, 0) is 24.7 Å². The van der Waals surface area contributed by atoms with E-state index in [0.717, 1.165) is 48.5 Å². The predicted molar refractivity (Wildman–Crippen MR) is 292 cm³/mol. The van der Waals surface area contributed by atoms with Crippen LogP contribution in [0.1, 0.15) is 179 Å². The van der Waals surface area contributed by atoms with Crippen LogP contribution in [0, 0.1) is 0 Å². The number of hydrogen-bond acceptors (Lipinski definition) is 0. The first kappa shape index (κ1) is 65.0. The molecule has 0 N–H and O–H groups in total. The largest absolute Gasteiger partial charge is 0.416 e. The summed E-state index contributed by atoms with van der Waals surface area (Å²) in [5.74, 6) is 0. The Kier molecular flexibility index (Phi) is 26.8. The van der Waals surface area contributed by atoms with Crippen molar-refractivity contribution in [2.24, 2.45) is 0 Å². The molecule has 416 valence electrons. The zero-order valence-corrected chi connectivity index (χ0v) is 46.5. The molecule has 0 unspecified atom stereocenters. The van der Waals surface area contributed by atoms with Crippen LogP contribution < -0.4 is 26.0 Å². The molecule has 4 aromatic rings. The standard InChI is InChI=1S/C30H66NP2.C28H16BF12/c1-7-13-19-25-32(26-20-14-8-2,27-21-15-9-3)31-33(28-22-16-10-4,29-23-17-11-5)30-24-18-12-6;30-25(31,32)17-1-9-21(10-2-17)29(22-11-3-18(4-12-22)26(33,34)35,23-13-5-19(6-14-23)27(36,37)38)24-15-7-20(8-16-24)28(39,40)41/h7-30H2,1-6H3;1-16H/q+1;-1. The molecule has 0 amide bonds. The third-order valence-electron chi connectivity index (χ3n) is 14.4. The fourth-order valence-electron chi connectivity index (χ4n) is 10.3. The highest BCUT2D eigenvalue weighted by Gasteiger charge is 2.39. The molecule has 0 heterocycles. The molecule has 16 heteroatoms. The Morgan fingerprint density at radius 3 is 0.581 bits per heavy atom. The number of halogens is 12. The van der Waals surface area contributed by atoms with Gasteiger partial charge in [-0.1, -0.05) is 216 Å². The van der Waals surface area contributed by atoms with Gasteiger partial charge in [-0.15, -0.1) is 0 Å². The Hall–Kier alpha value is -3.33. The van der Waals surface area contributed by atoms with Gasteiger partial charge in [0.1, 0.15) is 6.15 Å². The number of unbranched alkanes of at least 4 members (excludes halogenated alkanes) is 12. The molecule has 0 aliphatic carbocycles. The molecule has 0 aliphatic rings. The van der Waals surface area contributed by atoms with E-state index >= 15 is 0 Å². The van der Waals surface area contributed by atoms with Gasteiger partial charge in [0.05, 0.1) is 22.3 Å². The summed E-state index contributed by atoms with van der Waals surface area (Å²) < 4.78 is 166. The van der Waals surface area contributed by atoms with Gasteiger partial charge in [-0.3, -0.25) is 0 Å². The Labute approximate surface area is 435 Å². The third kappa shape index (κ3) is 19.6. The molecular weight excluding hydrogens is 1010 g/mol. The first-order valence-electron chi connectivity index (χ1n) is 27.2. The van der Waals surface area contributed by atoms with Gasteiger partial charge in [0.15, 0.2) is 0 Å². The molecule has 1 nitrogen and oxygen atoms in total. The number of rotatable bonds is 28. The lowest BCUT2D eigenvalue weighted by molar-refractivity contribution is -0.138. The van der Waals surface area contributed by atoms with E-state index in [2.05, 4.69) is 41.5 Å². The van der Waals surface area contributed by atoms with E-state index in [1.807, 2.05) is 0 Å². The Bertz CT molecular complexity index is 1970. The SMILES string of the molecule is CCCCCP(CCCCC)(CCCCC)=[N+]=P(CCCCC)(CCCCC)CCCCC.FC(F)(F)c1ccc([B-](c2ccc(C(F)(F)F)cc2)(c2ccc(C(F)(F)F)cc2)c2ccc(C(F)(F)F)cc2)cc1. The zero-order valence-electron chi connectivity index (χ0n) is 44.7. The summed E-state index contributed by atoms with van der Waals surface area (Å²) in [6.45, 7) is 14.3. The summed E-state index contributed by atoms with van der Waals surface area (Å²) in [6, 6.07) is 13.6. The molecule has 74 heavy (non-hydrogen) atoms. The number of nitrogens with zero attached hydrogens (tertiary/aromatic N) is 1. The van der Waals surface area contributed by atoms with Gasteiger partial charge in [-0.25, -0.2) is 0 Å². The summed E-state index contributed by atoms with van der Waals surface area (Å²) in [5, 5.41) is 0. The molecule has 0 atom stereocenters. The van der Waals surface area contributed by atoms with Gasteiger partial charge < -0.3 is 0 Å². The van der Waals surface area contributed by atoms with Crippen molar-refractivity contribution in [1.29, 1.82) is 0 Å². The molecule has 0 radical (unpaired) electrons. The van der Waals surface area contributed by atoms with E-state index in [0.29, 0.717) is 48.5 Å². The molecule has 0 aliphatic heterocycles. The molecule has 4 aromatic carbocycles. The molecular formula is C58H82BF12NP2. The van der Waals surface area contributed by atoms with E-state index in [1.54, 1.807) is 0 Å². The number of alkyl halides is 12. The second-order valence-corrected chi connectivity index (χ2v) is 28.0. The van der Waals surface area contributed by atoms with Crippen LogP contribution in [0.2, 0.25) is 0 Å². The first-order valence-corrected chi connectivity index (χ1v) is 31.8. The minimum absolute atomic E-state index is 0.0114. The molecule has 0 aromatic heterocycles. The molecule has 4 rings (SSSR count). The van der Waals surface area contributed by atoms with Crippen molar-refractivity contribution >= 4 is 42.1 Å². The van der Waals surface area contributed by atoms with E-state index in [-0.39, 0.29) is 21.9 Å². The average molecular weight is 1090 g/mol. The molecule has 0 bridgehead atoms. The van der Waals surface area contributed by atoms with Gasteiger partial charge in [-0.2, -0.15) is 78.7 Å². The summed E-state index contributed by atoms with van der Waals surface area (Å²) in [7, 11) is -2.36. The maximum absolute atomic E-state index is 13.3. The minimum atomic E-state index is -4.77. The minimum Gasteiger partial charge on any atom is -0.195 e. The monoisotopic (exact) mass is 1090 g/mol. The lowest BCUT2D eigenvalue weighted by atomic mass is 9.13. The maximum Gasteiger partial charge on any atom is 0.416 e. The van der Waals surface area contributed by atoms with Gasteiger partial charge in [0.2, 0.25) is 14.1 Å². The van der Waals surface area contributed by atoms with Crippen molar-refractivity contribution in [2.75, 3.05) is 37.0 Å². The molecule has 0 saturated carbocycles. The van der Waals surface area contributed by atoms with Crippen LogP contribution >= 0.6 is 14.1 Å². The maximum atomic E-state index is 13.3. The third-order valence-corrected chi connectivity index (χ3v) is 24.3. The van der Waals surface area contributed by atoms with Crippen molar-refractivity contribution in [3.05, 3.63) is 119 Å². The quantitative estimate of drug-likeness (QED) is 0.0177. The topological polar surface area (TPSA) is 14.1 Å². The highest BCUT2D eigenvalue weighted by molar-refractivity contribution is 7.73. The smallest absolute Gasteiger partial charge is 0.195 e. The van der Waals surface area contributed by atoms with Crippen LogP contribution in [-0.4, -0.2) is 43.1 Å². The first-order chi connectivity index (χ1) is 34.9. The van der Waals surface area contributed by atoms with Crippen LogP contribution in [0.25, 0.3) is 0 Å². The van der Waals surface area contributed by atoms with Gasteiger partial charge >= 0.3 is 24.7 Å². The molecule has 0 saturated heterocycles. The Balaban J connectivity index is 0.000000402. The fraction of sp³-hybridized carbons (Fsp3) is 0.586. The lowest BCUT2D eigenvalue weighted by Gasteiger charge is -2.44. The number of hydrogen-bond donors (Lipinski definition) is 0. The Morgan fingerprint density at radius 1 is 0.284 bits per heavy atom. The van der Waals surface area contributed by atoms with Crippen LogP contribution in [0.15, 0.2) is 97.1 Å². The predicted octanol–water partition coefficient (Wildman–Crippen LogP) is 18.7. The summed E-state index contributed by atoms with van der Waals surface area (Å²) >= 11 is 0. The highest BCUT2D eigenvalue weighted by Crippen LogP contribution is 2.56. The highest BCUT2D eigenvalue weighted by atomic mass is 31.2. The van der Waals surface area contributed by atoms with Crippen LogP contribution in [0.4, 0.5) is 52.7 Å². The normalized spacial score (nSPS) is 12.9. The van der Waals surface area contributed by atoms with E-state index in [4.69, 9.17) is 4.17 Å². The van der Waals surface area contributed by atoms with Crippen molar-refractivity contribution in [3.8, 4) is 0 Å². The Morgan fingerprint density at radius 2 is 0.446 bits per heavy atom. The van der Waals surface area contributed by atoms with Crippen molar-refractivity contribution in [1.82, 2.24) is 4.17 Å². The van der Waals surface area contributed by atoms with E-state index < -0.39 is 67.2 Å². The number of benzene rings is 4. The van der Waals surface area contributed by atoms with Crippen molar-refractivity contribution < 1.29 is 52.7 Å². The lowest BCUT2D eigenvalue weighted by Crippen LogP contribution is -2.74. The summed E-state index contributed by atoms with van der Waals surface area (Å²) in [6.07, 6.45) is 12.3. The molecule has 0 spiro atoms. The fourth-order valence-corrected chi connectivity index (χ4v) is 21.9. The van der Waals surface area contributed by atoms with Gasteiger partial charge in [-0.05, 0) is 38.5 Å². The second-order valence-electron chi connectivity index (χ2n) is 20.2. The van der Waals surface area contributed by atoms with Crippen molar-refractivity contribution in [3.63, 3.8) is 0 Å². The van der Waals surface area contributed by atoms with Gasteiger partial charge in [0.25, 0.3) is 0 Å². The van der Waals surface area contributed by atoms with Crippen molar-refractivity contribution in [2.45, 2.75) is 182 Å². The summed E-state index contributed by atoms with van der Waals surface area (Å²) in [4.78, 5) is 0. The van der Waals surface area contributed by atoms with Gasteiger partial charge in [0, 0.05) is 37.0 Å². The van der Waals surface area contributed by atoms with E-state index in [1.165, 1.54) is 153 Å². The van der Waals surface area contributed by atoms with Crippen LogP contribution in [0.3, 0.4) is 0 Å². The average Bonchev–Trinajstić information content (AvgIpc) is 3.34.